The van der Waals surface area contributed by atoms with Crippen LogP contribution in [0.1, 0.15) is 13.3 Å². The van der Waals surface area contributed by atoms with Gasteiger partial charge >= 0.3 is 0 Å². The van der Waals surface area contributed by atoms with E-state index in [1.165, 1.54) is 6.26 Å². The maximum absolute atomic E-state index is 5.03. The third-order valence-electron chi connectivity index (χ3n) is 1.06. The van der Waals surface area contributed by atoms with Gasteiger partial charge in [-0.15, -0.1) is 0 Å². The van der Waals surface area contributed by atoms with Crippen LogP contribution in [0.2, 0.25) is 0 Å². The monoisotopic (exact) mass is 130 g/mol. The van der Waals surface area contributed by atoms with E-state index in [9.17, 15) is 0 Å². The Kier molecular flexibility index (Phi) is 5.32. The largest absolute Gasteiger partial charge is 0.499 e. The van der Waals surface area contributed by atoms with Crippen molar-refractivity contribution < 1.29 is 9.47 Å². The molecule has 0 aromatic heterocycles. The molecule has 0 aliphatic carbocycles. The van der Waals surface area contributed by atoms with Gasteiger partial charge in [-0.05, 0) is 6.92 Å². The smallest absolute Gasteiger partial charge is 0.0972 e. The zero-order chi connectivity index (χ0) is 7.11. The van der Waals surface area contributed by atoms with Crippen molar-refractivity contribution in [1.29, 1.82) is 0 Å². The van der Waals surface area contributed by atoms with Crippen molar-refractivity contribution in [2.45, 2.75) is 19.4 Å². The number of rotatable bonds is 5. The highest BCUT2D eigenvalue weighted by molar-refractivity contribution is 4.56. The maximum Gasteiger partial charge on any atom is 0.0972 e. The van der Waals surface area contributed by atoms with Gasteiger partial charge in [0.1, 0.15) is 0 Å². The van der Waals surface area contributed by atoms with E-state index in [0.29, 0.717) is 0 Å². The van der Waals surface area contributed by atoms with Crippen LogP contribution in [0, 0.1) is 0 Å². The maximum atomic E-state index is 5.03. The molecule has 0 aromatic rings. The summed E-state index contributed by atoms with van der Waals surface area (Å²) in [4.78, 5) is 0. The van der Waals surface area contributed by atoms with Crippen molar-refractivity contribution in [3.8, 4) is 0 Å². The first kappa shape index (κ1) is 8.50. The molecular formula is C7H14O2. The third kappa shape index (κ3) is 5.37. The molecule has 0 radical (unpaired) electrons. The molecule has 0 rings (SSSR count). The van der Waals surface area contributed by atoms with E-state index in [-0.39, 0.29) is 6.10 Å². The molecule has 2 heteroatoms. The molecule has 0 amide bonds. The van der Waals surface area contributed by atoms with E-state index in [1.54, 1.807) is 7.11 Å². The summed E-state index contributed by atoms with van der Waals surface area (Å²) in [5, 5.41) is 0. The molecular weight excluding hydrogens is 116 g/mol. The number of hydrogen-bond acceptors (Lipinski definition) is 2. The number of hydrogen-bond donors (Lipinski definition) is 0. The summed E-state index contributed by atoms with van der Waals surface area (Å²) in [7, 11) is 1.68. The van der Waals surface area contributed by atoms with Crippen LogP contribution < -0.4 is 0 Å². The van der Waals surface area contributed by atoms with Gasteiger partial charge in [0.25, 0.3) is 0 Å². The van der Waals surface area contributed by atoms with Crippen LogP contribution in [0.25, 0.3) is 0 Å². The van der Waals surface area contributed by atoms with Crippen LogP contribution >= 0.6 is 0 Å². The Morgan fingerprint density at radius 1 is 1.67 bits per heavy atom. The summed E-state index contributed by atoms with van der Waals surface area (Å²) in [6.45, 7) is 6.18. The Balaban J connectivity index is 3.04. The second-order valence-electron chi connectivity index (χ2n) is 1.89. The van der Waals surface area contributed by atoms with Crippen LogP contribution in [0.5, 0.6) is 0 Å². The Morgan fingerprint density at radius 2 is 2.33 bits per heavy atom. The molecule has 0 N–H and O–H groups in total. The van der Waals surface area contributed by atoms with Crippen LogP contribution in [0.4, 0.5) is 0 Å². The molecule has 1 unspecified atom stereocenters. The van der Waals surface area contributed by atoms with Gasteiger partial charge in [0.05, 0.1) is 12.4 Å². The molecule has 0 bridgehead atoms. The van der Waals surface area contributed by atoms with Gasteiger partial charge in [-0.25, -0.2) is 0 Å². The lowest BCUT2D eigenvalue weighted by Gasteiger charge is -2.08. The lowest BCUT2D eigenvalue weighted by atomic mass is 10.3. The van der Waals surface area contributed by atoms with E-state index < -0.39 is 0 Å². The van der Waals surface area contributed by atoms with Crippen molar-refractivity contribution in [1.82, 2.24) is 0 Å². The topological polar surface area (TPSA) is 18.5 Å². The van der Waals surface area contributed by atoms with Crippen LogP contribution in [-0.2, 0) is 9.47 Å². The zero-order valence-electron chi connectivity index (χ0n) is 6.09. The van der Waals surface area contributed by atoms with Crippen molar-refractivity contribution in [2.75, 3.05) is 13.7 Å². The standard InChI is InChI=1S/C7H14O2/c1-4-9-7(2)5-6-8-3/h4,7H,1,5-6H2,2-3H3. The molecule has 0 fully saturated rings. The highest BCUT2D eigenvalue weighted by Gasteiger charge is 1.96. The SMILES string of the molecule is C=COC(C)CCOC. The minimum absolute atomic E-state index is 0.224. The van der Waals surface area contributed by atoms with E-state index in [0.717, 1.165) is 13.0 Å². The minimum Gasteiger partial charge on any atom is -0.499 e. The van der Waals surface area contributed by atoms with Gasteiger partial charge < -0.3 is 9.47 Å². The van der Waals surface area contributed by atoms with Gasteiger partial charge in [0, 0.05) is 20.1 Å². The fourth-order valence-corrected chi connectivity index (χ4v) is 0.516. The van der Waals surface area contributed by atoms with Crippen molar-refractivity contribution in [2.24, 2.45) is 0 Å². The van der Waals surface area contributed by atoms with Gasteiger partial charge in [0.2, 0.25) is 0 Å². The minimum atomic E-state index is 0.224. The molecule has 0 aromatic carbocycles. The predicted octanol–water partition coefficient (Wildman–Crippen LogP) is 1.57. The Hall–Kier alpha value is -0.500. The number of methoxy groups -OCH3 is 1. The average molecular weight is 130 g/mol. The normalized spacial score (nSPS) is 12.7. The first-order valence-corrected chi connectivity index (χ1v) is 3.06. The third-order valence-corrected chi connectivity index (χ3v) is 1.06. The second kappa shape index (κ2) is 5.63. The average Bonchev–Trinajstić information content (AvgIpc) is 1.85. The molecule has 2 nitrogen and oxygen atoms in total. The first-order chi connectivity index (χ1) is 4.31. The van der Waals surface area contributed by atoms with Crippen molar-refractivity contribution >= 4 is 0 Å². The molecule has 0 aliphatic rings. The summed E-state index contributed by atoms with van der Waals surface area (Å²) in [6, 6.07) is 0. The molecule has 0 aliphatic heterocycles. The molecule has 1 atom stereocenters. The Morgan fingerprint density at radius 3 is 2.78 bits per heavy atom. The van der Waals surface area contributed by atoms with E-state index in [2.05, 4.69) is 6.58 Å². The fraction of sp³-hybridized carbons (Fsp3) is 0.714. The zero-order valence-corrected chi connectivity index (χ0v) is 6.09. The summed E-state index contributed by atoms with van der Waals surface area (Å²) in [5.41, 5.74) is 0. The van der Waals surface area contributed by atoms with Gasteiger partial charge in [0.15, 0.2) is 0 Å². The summed E-state index contributed by atoms with van der Waals surface area (Å²) >= 11 is 0. The molecule has 0 saturated heterocycles. The lowest BCUT2D eigenvalue weighted by molar-refractivity contribution is 0.106. The van der Waals surface area contributed by atoms with Crippen molar-refractivity contribution in [3.63, 3.8) is 0 Å². The van der Waals surface area contributed by atoms with E-state index >= 15 is 0 Å². The summed E-state index contributed by atoms with van der Waals surface area (Å²) in [6.07, 6.45) is 2.60. The quantitative estimate of drug-likeness (QED) is 0.526. The predicted molar refractivity (Wildman–Crippen MR) is 37.2 cm³/mol. The van der Waals surface area contributed by atoms with Gasteiger partial charge in [-0.3, -0.25) is 0 Å². The summed E-state index contributed by atoms with van der Waals surface area (Å²) in [5.74, 6) is 0. The molecule has 9 heavy (non-hydrogen) atoms. The Bertz CT molecular complexity index is 71.3. The molecule has 0 spiro atoms. The van der Waals surface area contributed by atoms with Crippen molar-refractivity contribution in [3.05, 3.63) is 12.8 Å². The first-order valence-electron chi connectivity index (χ1n) is 3.06. The lowest BCUT2D eigenvalue weighted by Crippen LogP contribution is -2.06. The van der Waals surface area contributed by atoms with Gasteiger partial charge in [-0.1, -0.05) is 6.58 Å². The molecule has 0 heterocycles. The highest BCUT2D eigenvalue weighted by Crippen LogP contribution is 1.96. The van der Waals surface area contributed by atoms with Gasteiger partial charge in [-0.2, -0.15) is 0 Å². The van der Waals surface area contributed by atoms with Crippen LogP contribution in [0.15, 0.2) is 12.8 Å². The van der Waals surface area contributed by atoms with E-state index in [4.69, 9.17) is 9.47 Å². The highest BCUT2D eigenvalue weighted by atomic mass is 16.5. The van der Waals surface area contributed by atoms with Crippen LogP contribution in [-0.4, -0.2) is 19.8 Å². The second-order valence-corrected chi connectivity index (χ2v) is 1.89. The number of ether oxygens (including phenoxy) is 2. The fourth-order valence-electron chi connectivity index (χ4n) is 0.516. The molecule has 54 valence electrons. The molecule has 0 saturated carbocycles. The summed E-state index contributed by atoms with van der Waals surface area (Å²) < 4.78 is 9.87. The Labute approximate surface area is 56.5 Å². The van der Waals surface area contributed by atoms with E-state index in [1.807, 2.05) is 6.92 Å². The van der Waals surface area contributed by atoms with Crippen LogP contribution in [0.3, 0.4) is 0 Å².